The number of carboxylic acid groups (broad SMARTS) is 1. The van der Waals surface area contributed by atoms with Gasteiger partial charge in [0.15, 0.2) is 0 Å². The van der Waals surface area contributed by atoms with Gasteiger partial charge in [0, 0.05) is 17.0 Å². The SMILES string of the molecule is Cc1cccc(C[C@H](NC(=O)c2ccc(Cl)cc2)C(=O)O)c1. The maximum absolute atomic E-state index is 12.1. The van der Waals surface area contributed by atoms with Crippen molar-refractivity contribution in [1.82, 2.24) is 5.32 Å². The minimum atomic E-state index is -1.07. The predicted molar refractivity (Wildman–Crippen MR) is 85.2 cm³/mol. The highest BCUT2D eigenvalue weighted by Crippen LogP contribution is 2.11. The van der Waals surface area contributed by atoms with Crippen molar-refractivity contribution in [1.29, 1.82) is 0 Å². The lowest BCUT2D eigenvalue weighted by Crippen LogP contribution is -2.42. The number of halogens is 1. The lowest BCUT2D eigenvalue weighted by Gasteiger charge is -2.15. The second kappa shape index (κ2) is 7.09. The maximum Gasteiger partial charge on any atom is 0.326 e. The number of carbonyl (C=O) groups excluding carboxylic acids is 1. The largest absolute Gasteiger partial charge is 0.480 e. The molecular formula is C17H16ClNO3. The van der Waals surface area contributed by atoms with E-state index in [1.54, 1.807) is 24.3 Å². The monoisotopic (exact) mass is 317 g/mol. The van der Waals surface area contributed by atoms with E-state index in [-0.39, 0.29) is 6.42 Å². The third-order valence-corrected chi connectivity index (χ3v) is 3.48. The van der Waals surface area contributed by atoms with Gasteiger partial charge in [0.25, 0.3) is 5.91 Å². The van der Waals surface area contributed by atoms with Gasteiger partial charge in [0.2, 0.25) is 0 Å². The van der Waals surface area contributed by atoms with Gasteiger partial charge in [-0.3, -0.25) is 4.79 Å². The Balaban J connectivity index is 2.10. The molecule has 0 saturated heterocycles. The summed E-state index contributed by atoms with van der Waals surface area (Å²) in [6.07, 6.45) is 0.232. The first kappa shape index (κ1) is 16.0. The number of carbonyl (C=O) groups is 2. The Morgan fingerprint density at radius 2 is 1.86 bits per heavy atom. The van der Waals surface area contributed by atoms with Crippen molar-refractivity contribution in [2.45, 2.75) is 19.4 Å². The smallest absolute Gasteiger partial charge is 0.326 e. The van der Waals surface area contributed by atoms with Crippen LogP contribution in [0.25, 0.3) is 0 Å². The minimum Gasteiger partial charge on any atom is -0.480 e. The van der Waals surface area contributed by atoms with E-state index >= 15 is 0 Å². The predicted octanol–water partition coefficient (Wildman–Crippen LogP) is 3.07. The van der Waals surface area contributed by atoms with Crippen molar-refractivity contribution >= 4 is 23.5 Å². The van der Waals surface area contributed by atoms with E-state index in [4.69, 9.17) is 11.6 Å². The van der Waals surface area contributed by atoms with Gasteiger partial charge in [-0.25, -0.2) is 4.79 Å². The summed E-state index contributed by atoms with van der Waals surface area (Å²) in [6.45, 7) is 1.94. The van der Waals surface area contributed by atoms with Crippen LogP contribution in [-0.4, -0.2) is 23.0 Å². The number of hydrogen-bond donors (Lipinski definition) is 2. The third-order valence-electron chi connectivity index (χ3n) is 3.23. The van der Waals surface area contributed by atoms with Gasteiger partial charge in [-0.2, -0.15) is 0 Å². The summed E-state index contributed by atoms with van der Waals surface area (Å²) in [7, 11) is 0. The fourth-order valence-electron chi connectivity index (χ4n) is 2.12. The molecule has 1 atom stereocenters. The Morgan fingerprint density at radius 3 is 2.45 bits per heavy atom. The highest BCUT2D eigenvalue weighted by Gasteiger charge is 2.21. The van der Waals surface area contributed by atoms with Crippen molar-refractivity contribution in [3.63, 3.8) is 0 Å². The third kappa shape index (κ3) is 4.33. The van der Waals surface area contributed by atoms with Crippen LogP contribution < -0.4 is 5.32 Å². The molecule has 2 aromatic carbocycles. The minimum absolute atomic E-state index is 0.232. The Labute approximate surface area is 133 Å². The molecule has 2 aromatic rings. The Morgan fingerprint density at radius 1 is 1.18 bits per heavy atom. The van der Waals surface area contributed by atoms with Crippen LogP contribution in [0.2, 0.25) is 5.02 Å². The molecule has 0 saturated carbocycles. The van der Waals surface area contributed by atoms with E-state index < -0.39 is 17.9 Å². The summed E-state index contributed by atoms with van der Waals surface area (Å²) in [5, 5.41) is 12.4. The van der Waals surface area contributed by atoms with E-state index in [9.17, 15) is 14.7 Å². The van der Waals surface area contributed by atoms with Crippen LogP contribution in [0.1, 0.15) is 21.5 Å². The number of hydrogen-bond acceptors (Lipinski definition) is 2. The molecule has 0 spiro atoms. The highest BCUT2D eigenvalue weighted by atomic mass is 35.5. The number of carboxylic acids is 1. The van der Waals surface area contributed by atoms with Crippen LogP contribution in [0.3, 0.4) is 0 Å². The first-order valence-electron chi connectivity index (χ1n) is 6.80. The van der Waals surface area contributed by atoms with Crippen molar-refractivity contribution < 1.29 is 14.7 Å². The first-order chi connectivity index (χ1) is 10.5. The van der Waals surface area contributed by atoms with Crippen molar-refractivity contribution in [2.75, 3.05) is 0 Å². The van der Waals surface area contributed by atoms with Crippen LogP contribution in [0.15, 0.2) is 48.5 Å². The van der Waals surface area contributed by atoms with Crippen molar-refractivity contribution in [3.05, 3.63) is 70.2 Å². The van der Waals surface area contributed by atoms with Crippen LogP contribution >= 0.6 is 11.6 Å². The average molecular weight is 318 g/mol. The molecule has 0 bridgehead atoms. The molecule has 5 heteroatoms. The Kier molecular flexibility index (Phi) is 5.17. The number of nitrogens with one attached hydrogen (secondary N) is 1. The maximum atomic E-state index is 12.1. The molecular weight excluding hydrogens is 302 g/mol. The molecule has 4 nitrogen and oxygen atoms in total. The summed E-state index contributed by atoms with van der Waals surface area (Å²) >= 11 is 5.77. The second-order valence-electron chi connectivity index (χ2n) is 5.06. The number of amides is 1. The van der Waals surface area contributed by atoms with E-state index in [1.165, 1.54) is 0 Å². The molecule has 22 heavy (non-hydrogen) atoms. The van der Waals surface area contributed by atoms with Gasteiger partial charge in [0.05, 0.1) is 0 Å². The molecule has 1 amide bonds. The number of rotatable bonds is 5. The van der Waals surface area contributed by atoms with E-state index in [0.717, 1.165) is 11.1 Å². The normalized spacial score (nSPS) is 11.7. The van der Waals surface area contributed by atoms with Gasteiger partial charge >= 0.3 is 5.97 Å². The molecule has 0 aliphatic carbocycles. The fourth-order valence-corrected chi connectivity index (χ4v) is 2.24. The van der Waals surface area contributed by atoms with E-state index in [1.807, 2.05) is 31.2 Å². The van der Waals surface area contributed by atoms with Crippen molar-refractivity contribution in [2.24, 2.45) is 0 Å². The summed E-state index contributed by atoms with van der Waals surface area (Å²) in [4.78, 5) is 23.5. The molecule has 0 fully saturated rings. The Bertz CT molecular complexity index is 683. The quantitative estimate of drug-likeness (QED) is 0.890. The number of aliphatic carboxylic acids is 1. The van der Waals surface area contributed by atoms with Gasteiger partial charge < -0.3 is 10.4 Å². The molecule has 0 heterocycles. The number of aryl methyl sites for hydroxylation is 1. The molecule has 0 aliphatic heterocycles. The van der Waals surface area contributed by atoms with E-state index in [0.29, 0.717) is 10.6 Å². The van der Waals surface area contributed by atoms with E-state index in [2.05, 4.69) is 5.32 Å². The summed E-state index contributed by atoms with van der Waals surface area (Å²) in [5.41, 5.74) is 2.29. The van der Waals surface area contributed by atoms with Crippen LogP contribution in [-0.2, 0) is 11.2 Å². The highest BCUT2D eigenvalue weighted by molar-refractivity contribution is 6.30. The first-order valence-corrected chi connectivity index (χ1v) is 7.18. The molecule has 0 aliphatic rings. The van der Waals surface area contributed by atoms with Gasteiger partial charge in [-0.1, -0.05) is 41.4 Å². The zero-order valence-corrected chi connectivity index (χ0v) is 12.8. The van der Waals surface area contributed by atoms with Gasteiger partial charge in [-0.15, -0.1) is 0 Å². The Hall–Kier alpha value is -2.33. The molecule has 2 N–H and O–H groups in total. The van der Waals surface area contributed by atoms with Crippen LogP contribution in [0.5, 0.6) is 0 Å². The van der Waals surface area contributed by atoms with Crippen LogP contribution in [0, 0.1) is 6.92 Å². The molecule has 114 valence electrons. The second-order valence-corrected chi connectivity index (χ2v) is 5.50. The lowest BCUT2D eigenvalue weighted by molar-refractivity contribution is -0.139. The van der Waals surface area contributed by atoms with Gasteiger partial charge in [0.1, 0.15) is 6.04 Å². The summed E-state index contributed by atoms with van der Waals surface area (Å²) < 4.78 is 0. The zero-order valence-electron chi connectivity index (χ0n) is 12.0. The topological polar surface area (TPSA) is 66.4 Å². The van der Waals surface area contributed by atoms with Crippen LogP contribution in [0.4, 0.5) is 0 Å². The number of benzene rings is 2. The van der Waals surface area contributed by atoms with Gasteiger partial charge in [-0.05, 0) is 36.8 Å². The molecule has 0 unspecified atom stereocenters. The molecule has 2 rings (SSSR count). The standard InChI is InChI=1S/C17H16ClNO3/c1-11-3-2-4-12(9-11)10-15(17(21)22)19-16(20)13-5-7-14(18)8-6-13/h2-9,15H,10H2,1H3,(H,19,20)(H,21,22)/t15-/m0/s1. The lowest BCUT2D eigenvalue weighted by atomic mass is 10.0. The molecule has 0 aromatic heterocycles. The average Bonchev–Trinajstić information content (AvgIpc) is 2.47. The summed E-state index contributed by atoms with van der Waals surface area (Å²) in [5.74, 6) is -1.50. The zero-order chi connectivity index (χ0) is 16.1. The fraction of sp³-hybridized carbons (Fsp3) is 0.176. The molecule has 0 radical (unpaired) electrons. The van der Waals surface area contributed by atoms with Crippen molar-refractivity contribution in [3.8, 4) is 0 Å². The summed E-state index contributed by atoms with van der Waals surface area (Å²) in [6, 6.07) is 12.9.